The number of thioether (sulfide) groups is 2. The average Bonchev–Trinajstić information content (AvgIpc) is 3.39. The molecule has 2 fully saturated rings. The molecular weight excluding hydrogens is 444 g/mol. The minimum atomic E-state index is -0.746. The Kier molecular flexibility index (Phi) is 9.99. The Morgan fingerprint density at radius 2 is 1.78 bits per heavy atom. The molecule has 174 valence electrons. The number of amides is 2. The van der Waals surface area contributed by atoms with Crippen LogP contribution in [-0.4, -0.2) is 52.2 Å². The summed E-state index contributed by atoms with van der Waals surface area (Å²) in [5.74, 6) is 0.266. The first-order valence-corrected chi connectivity index (χ1v) is 13.2. The second-order valence-corrected chi connectivity index (χ2v) is 10.8. The Morgan fingerprint density at radius 1 is 1.03 bits per heavy atom. The zero-order valence-electron chi connectivity index (χ0n) is 18.2. The van der Waals surface area contributed by atoms with Gasteiger partial charge in [0.15, 0.2) is 0 Å². The van der Waals surface area contributed by atoms with Gasteiger partial charge in [0, 0.05) is 28.4 Å². The van der Waals surface area contributed by atoms with Crippen molar-refractivity contribution < 1.29 is 19.5 Å². The maximum atomic E-state index is 12.3. The van der Waals surface area contributed by atoms with Crippen LogP contribution in [0.25, 0.3) is 0 Å². The second-order valence-electron chi connectivity index (χ2n) is 8.29. The third-order valence-electron chi connectivity index (χ3n) is 6.02. The van der Waals surface area contributed by atoms with Gasteiger partial charge >= 0.3 is 5.97 Å². The molecule has 0 unspecified atom stereocenters. The highest BCUT2D eigenvalue weighted by molar-refractivity contribution is 8.01. The number of carboxylic acids is 1. The number of hydrogen-bond acceptors (Lipinski definition) is 5. The minimum Gasteiger partial charge on any atom is -0.481 e. The first-order chi connectivity index (χ1) is 15.5. The molecule has 0 spiro atoms. The van der Waals surface area contributed by atoms with Gasteiger partial charge in [-0.2, -0.15) is 11.8 Å². The lowest BCUT2D eigenvalue weighted by Gasteiger charge is -2.29. The summed E-state index contributed by atoms with van der Waals surface area (Å²) >= 11 is 3.51. The van der Waals surface area contributed by atoms with E-state index in [1.54, 1.807) is 0 Å². The number of carbonyl (C=O) groups is 3. The van der Waals surface area contributed by atoms with E-state index in [0.29, 0.717) is 41.1 Å². The molecule has 6 nitrogen and oxygen atoms in total. The van der Waals surface area contributed by atoms with Crippen molar-refractivity contribution in [1.29, 1.82) is 0 Å². The second kappa shape index (κ2) is 12.9. The number of rotatable bonds is 13. The maximum absolute atomic E-state index is 12.3. The molecule has 0 saturated carbocycles. The van der Waals surface area contributed by atoms with Crippen molar-refractivity contribution >= 4 is 41.3 Å². The normalized spacial score (nSPS) is 24.0. The molecule has 0 radical (unpaired) electrons. The summed E-state index contributed by atoms with van der Waals surface area (Å²) < 4.78 is 0. The number of carbonyl (C=O) groups excluding carboxylic acids is 2. The molecule has 2 bridgehead atoms. The Bertz CT molecular complexity index is 802. The molecule has 0 aromatic heterocycles. The number of benzene rings is 1. The zero-order chi connectivity index (χ0) is 22.8. The van der Waals surface area contributed by atoms with Gasteiger partial charge in [-0.1, -0.05) is 30.4 Å². The van der Waals surface area contributed by atoms with E-state index in [1.807, 2.05) is 30.3 Å². The van der Waals surface area contributed by atoms with Crippen LogP contribution in [0.5, 0.6) is 0 Å². The van der Waals surface area contributed by atoms with Crippen LogP contribution in [-0.2, 0) is 14.4 Å². The zero-order valence-corrected chi connectivity index (χ0v) is 19.8. The summed E-state index contributed by atoms with van der Waals surface area (Å²) in [6.45, 7) is 0.662. The summed E-state index contributed by atoms with van der Waals surface area (Å²) in [6, 6.07) is 9.72. The molecule has 0 aliphatic carbocycles. The van der Waals surface area contributed by atoms with Gasteiger partial charge < -0.3 is 15.7 Å². The molecule has 3 rings (SSSR count). The molecule has 2 amide bonds. The molecule has 2 heterocycles. The first-order valence-electron chi connectivity index (χ1n) is 11.3. The van der Waals surface area contributed by atoms with Gasteiger partial charge in [0.05, 0.1) is 12.3 Å². The third-order valence-corrected chi connectivity index (χ3v) is 8.90. The fraction of sp³-hybridized carbons (Fsp3) is 0.542. The predicted molar refractivity (Wildman–Crippen MR) is 130 cm³/mol. The third kappa shape index (κ3) is 7.89. The topological polar surface area (TPSA) is 95.5 Å². The van der Waals surface area contributed by atoms with E-state index in [9.17, 15) is 14.4 Å². The quantitative estimate of drug-likeness (QED) is 0.228. The van der Waals surface area contributed by atoms with Crippen LogP contribution >= 0.6 is 23.5 Å². The van der Waals surface area contributed by atoms with Crippen molar-refractivity contribution in [1.82, 2.24) is 10.6 Å². The average molecular weight is 477 g/mol. The number of aliphatic carboxylic acids is 1. The lowest BCUT2D eigenvalue weighted by atomic mass is 9.77. The Labute approximate surface area is 198 Å². The maximum Gasteiger partial charge on any atom is 0.303 e. The highest BCUT2D eigenvalue weighted by Gasteiger charge is 2.47. The van der Waals surface area contributed by atoms with Crippen molar-refractivity contribution in [3.63, 3.8) is 0 Å². The first kappa shape index (κ1) is 24.7. The molecule has 8 heteroatoms. The van der Waals surface area contributed by atoms with E-state index < -0.39 is 5.97 Å². The van der Waals surface area contributed by atoms with Gasteiger partial charge in [0.1, 0.15) is 0 Å². The van der Waals surface area contributed by atoms with E-state index >= 15 is 0 Å². The molecule has 4 atom stereocenters. The smallest absolute Gasteiger partial charge is 0.303 e. The van der Waals surface area contributed by atoms with Crippen molar-refractivity contribution in [2.45, 2.75) is 53.9 Å². The number of nitrogens with one attached hydrogen (secondary N) is 2. The lowest BCUT2D eigenvalue weighted by molar-refractivity contribution is -0.137. The van der Waals surface area contributed by atoms with Crippen LogP contribution < -0.4 is 10.6 Å². The number of fused-ring (bicyclic) bond motifs is 2. The van der Waals surface area contributed by atoms with E-state index in [0.717, 1.165) is 17.7 Å². The van der Waals surface area contributed by atoms with Crippen LogP contribution in [0.2, 0.25) is 0 Å². The van der Waals surface area contributed by atoms with Crippen molar-refractivity contribution in [3.05, 3.63) is 42.5 Å². The minimum absolute atomic E-state index is 0.0102. The van der Waals surface area contributed by atoms with Crippen molar-refractivity contribution in [2.75, 3.05) is 18.8 Å². The number of unbranched alkanes of at least 4 members (excludes halogenated alkanes) is 1. The lowest BCUT2D eigenvalue weighted by Crippen LogP contribution is -2.42. The standard InChI is InChI=1S/C24H32N2O4S2/c27-22(15-26-23(28)16-31-17-8-4-3-5-9-17)25-14-19-18(20-12-13-21(19)32-20)10-6-1-2-7-11-24(29)30/h1,3-6,8-9,18-21H,2,7,10-16H2,(H,25,27)(H,26,28)(H,29,30)/t18-,19+,20-,21+/m0/s1. The van der Waals surface area contributed by atoms with E-state index in [2.05, 4.69) is 34.5 Å². The van der Waals surface area contributed by atoms with Crippen molar-refractivity contribution in [2.24, 2.45) is 11.8 Å². The van der Waals surface area contributed by atoms with Crippen LogP contribution in [0, 0.1) is 11.8 Å². The molecule has 2 aliphatic heterocycles. The van der Waals surface area contributed by atoms with E-state index in [-0.39, 0.29) is 24.8 Å². The molecule has 2 saturated heterocycles. The number of hydrogen-bond donors (Lipinski definition) is 3. The molecule has 1 aromatic rings. The molecular formula is C24H32N2O4S2. The van der Waals surface area contributed by atoms with E-state index in [4.69, 9.17) is 5.11 Å². The van der Waals surface area contributed by atoms with Gasteiger partial charge in [-0.15, -0.1) is 11.8 Å². The van der Waals surface area contributed by atoms with Gasteiger partial charge in [-0.3, -0.25) is 14.4 Å². The number of carboxylic acid groups (broad SMARTS) is 1. The molecule has 32 heavy (non-hydrogen) atoms. The fourth-order valence-corrected chi connectivity index (χ4v) is 7.17. The van der Waals surface area contributed by atoms with Gasteiger partial charge in [-0.05, 0) is 56.1 Å². The summed E-state index contributed by atoms with van der Waals surface area (Å²) in [5, 5.41) is 15.7. The number of allylic oxidation sites excluding steroid dienone is 2. The van der Waals surface area contributed by atoms with Gasteiger partial charge in [0.2, 0.25) is 11.8 Å². The monoisotopic (exact) mass is 476 g/mol. The summed E-state index contributed by atoms with van der Waals surface area (Å²) in [5.41, 5.74) is 0. The van der Waals surface area contributed by atoms with Crippen LogP contribution in [0.15, 0.2) is 47.4 Å². The predicted octanol–water partition coefficient (Wildman–Crippen LogP) is 3.72. The highest BCUT2D eigenvalue weighted by Crippen LogP contribution is 2.54. The Morgan fingerprint density at radius 3 is 2.53 bits per heavy atom. The Hall–Kier alpha value is -1.93. The Balaban J connectivity index is 1.34. The largest absolute Gasteiger partial charge is 0.481 e. The summed E-state index contributed by atoms with van der Waals surface area (Å²) in [4.78, 5) is 35.9. The van der Waals surface area contributed by atoms with E-state index in [1.165, 1.54) is 24.6 Å². The fourth-order valence-electron chi connectivity index (χ4n) is 4.41. The van der Waals surface area contributed by atoms with Crippen LogP contribution in [0.1, 0.15) is 38.5 Å². The summed E-state index contributed by atoms with van der Waals surface area (Å²) in [6.07, 6.45) is 9.40. The highest BCUT2D eigenvalue weighted by atomic mass is 32.2. The molecule has 3 N–H and O–H groups in total. The summed E-state index contributed by atoms with van der Waals surface area (Å²) in [7, 11) is 0. The van der Waals surface area contributed by atoms with Crippen LogP contribution in [0.4, 0.5) is 0 Å². The van der Waals surface area contributed by atoms with Gasteiger partial charge in [0.25, 0.3) is 0 Å². The SMILES string of the molecule is O=C(O)CCCC=CC[C@H]1[C@@H](CNC(=O)CNC(=O)CSc2ccccc2)[C@H]2CC[C@@H]1S2. The molecule has 2 aliphatic rings. The van der Waals surface area contributed by atoms with Crippen LogP contribution in [0.3, 0.4) is 0 Å². The van der Waals surface area contributed by atoms with Crippen molar-refractivity contribution in [3.8, 4) is 0 Å². The molecule has 1 aromatic carbocycles. The van der Waals surface area contributed by atoms with Gasteiger partial charge in [-0.25, -0.2) is 0 Å².